The van der Waals surface area contributed by atoms with Crippen LogP contribution in [0.4, 0.5) is 11.4 Å². The van der Waals surface area contributed by atoms with Crippen LogP contribution in [0.3, 0.4) is 0 Å². The Bertz CT molecular complexity index is 649. The van der Waals surface area contributed by atoms with Gasteiger partial charge in [-0.1, -0.05) is 6.92 Å². The zero-order valence-electron chi connectivity index (χ0n) is 11.2. The average molecular weight is 297 g/mol. The molecule has 20 heavy (non-hydrogen) atoms. The molecule has 0 fully saturated rings. The molecular formula is C12H15N3O4S. The van der Waals surface area contributed by atoms with Crippen LogP contribution < -0.4 is 5.32 Å². The molecule has 0 saturated carbocycles. The van der Waals surface area contributed by atoms with Crippen LogP contribution >= 0.6 is 0 Å². The van der Waals surface area contributed by atoms with Crippen molar-refractivity contribution in [2.24, 2.45) is 0 Å². The number of nitrogens with one attached hydrogen (secondary N) is 1. The lowest BCUT2D eigenvalue weighted by Crippen LogP contribution is -2.27. The second-order valence-electron chi connectivity index (χ2n) is 4.34. The number of nitro groups is 1. The highest BCUT2D eigenvalue weighted by atomic mass is 32.2. The topological polar surface area (TPSA) is 113 Å². The number of anilines is 1. The predicted molar refractivity (Wildman–Crippen MR) is 75.2 cm³/mol. The van der Waals surface area contributed by atoms with Crippen LogP contribution in [0.15, 0.2) is 18.2 Å². The Hall–Kier alpha value is -2.14. The molecule has 0 heterocycles. The maximum Gasteiger partial charge on any atom is 0.270 e. The molecule has 8 heteroatoms. The summed E-state index contributed by atoms with van der Waals surface area (Å²) in [7, 11) is -3.13. The molecule has 0 unspecified atom stereocenters. The van der Waals surface area contributed by atoms with Gasteiger partial charge in [-0.25, -0.2) is 8.42 Å². The van der Waals surface area contributed by atoms with Gasteiger partial charge in [0.05, 0.1) is 21.9 Å². The Morgan fingerprint density at radius 3 is 2.65 bits per heavy atom. The number of nitro benzene ring substituents is 1. The van der Waals surface area contributed by atoms with Crippen molar-refractivity contribution < 1.29 is 13.3 Å². The third kappa shape index (κ3) is 4.20. The Balaban J connectivity index is 2.93. The van der Waals surface area contributed by atoms with Crippen molar-refractivity contribution in [1.29, 1.82) is 5.26 Å². The molecule has 0 aromatic heterocycles. The number of hydrogen-bond donors (Lipinski definition) is 1. The molecule has 0 saturated heterocycles. The SMILES string of the molecule is CCS(=O)(=O)C[C@@H](C)Nc1ccc([N+](=O)[O-])cc1C#N. The largest absolute Gasteiger partial charge is 0.380 e. The summed E-state index contributed by atoms with van der Waals surface area (Å²) < 4.78 is 23.0. The molecule has 108 valence electrons. The van der Waals surface area contributed by atoms with Gasteiger partial charge in [-0.3, -0.25) is 10.1 Å². The van der Waals surface area contributed by atoms with Crippen molar-refractivity contribution in [3.8, 4) is 6.07 Å². The third-order valence-electron chi connectivity index (χ3n) is 2.68. The molecule has 1 rings (SSSR count). The number of sulfone groups is 1. The molecule has 0 spiro atoms. The Morgan fingerprint density at radius 1 is 1.50 bits per heavy atom. The van der Waals surface area contributed by atoms with Crippen molar-refractivity contribution in [1.82, 2.24) is 0 Å². The number of nitriles is 1. The average Bonchev–Trinajstić information content (AvgIpc) is 2.38. The highest BCUT2D eigenvalue weighted by molar-refractivity contribution is 7.91. The van der Waals surface area contributed by atoms with Gasteiger partial charge in [0.1, 0.15) is 6.07 Å². The Labute approximate surface area is 117 Å². The van der Waals surface area contributed by atoms with Crippen LogP contribution in [-0.4, -0.2) is 30.9 Å². The summed E-state index contributed by atoms with van der Waals surface area (Å²) in [6.07, 6.45) is 0. The fourth-order valence-electron chi connectivity index (χ4n) is 1.67. The lowest BCUT2D eigenvalue weighted by Gasteiger charge is -2.15. The van der Waals surface area contributed by atoms with Gasteiger partial charge in [-0.2, -0.15) is 5.26 Å². The summed E-state index contributed by atoms with van der Waals surface area (Å²) in [5.74, 6) is -0.0181. The van der Waals surface area contributed by atoms with E-state index in [1.807, 2.05) is 6.07 Å². The van der Waals surface area contributed by atoms with Crippen LogP contribution in [0.1, 0.15) is 19.4 Å². The number of non-ortho nitro benzene ring substituents is 1. The van der Waals surface area contributed by atoms with Gasteiger partial charge >= 0.3 is 0 Å². The number of rotatable bonds is 6. The quantitative estimate of drug-likeness (QED) is 0.631. The summed E-state index contributed by atoms with van der Waals surface area (Å²) in [5, 5.41) is 22.5. The first-order chi connectivity index (χ1) is 9.29. The van der Waals surface area contributed by atoms with Gasteiger partial charge in [0.15, 0.2) is 9.84 Å². The molecular weight excluding hydrogens is 282 g/mol. The van der Waals surface area contributed by atoms with E-state index in [-0.39, 0.29) is 22.8 Å². The van der Waals surface area contributed by atoms with Crippen LogP contribution in [0, 0.1) is 21.4 Å². The molecule has 1 N–H and O–H groups in total. The minimum absolute atomic E-state index is 0.0460. The molecule has 0 aliphatic carbocycles. The predicted octanol–water partition coefficient (Wildman–Crippen LogP) is 1.70. The summed E-state index contributed by atoms with van der Waals surface area (Å²) in [6, 6.07) is 5.29. The van der Waals surface area contributed by atoms with Crippen molar-refractivity contribution in [3.63, 3.8) is 0 Å². The van der Waals surface area contributed by atoms with Crippen molar-refractivity contribution in [3.05, 3.63) is 33.9 Å². The van der Waals surface area contributed by atoms with E-state index in [4.69, 9.17) is 5.26 Å². The van der Waals surface area contributed by atoms with Crippen LogP contribution in [0.2, 0.25) is 0 Å². The lowest BCUT2D eigenvalue weighted by molar-refractivity contribution is -0.384. The first-order valence-electron chi connectivity index (χ1n) is 5.94. The molecule has 7 nitrogen and oxygen atoms in total. The van der Waals surface area contributed by atoms with Crippen molar-refractivity contribution in [2.75, 3.05) is 16.8 Å². The van der Waals surface area contributed by atoms with Gasteiger partial charge in [-0.05, 0) is 13.0 Å². The highest BCUT2D eigenvalue weighted by Crippen LogP contribution is 2.22. The molecule has 0 aliphatic rings. The first-order valence-corrected chi connectivity index (χ1v) is 7.76. The summed E-state index contributed by atoms with van der Waals surface area (Å²) >= 11 is 0. The van der Waals surface area contributed by atoms with E-state index < -0.39 is 20.8 Å². The zero-order valence-corrected chi connectivity index (χ0v) is 12.0. The van der Waals surface area contributed by atoms with E-state index >= 15 is 0 Å². The Morgan fingerprint density at radius 2 is 2.15 bits per heavy atom. The lowest BCUT2D eigenvalue weighted by atomic mass is 10.1. The minimum atomic E-state index is -3.13. The zero-order chi connectivity index (χ0) is 15.3. The fourth-order valence-corrected chi connectivity index (χ4v) is 2.75. The van der Waals surface area contributed by atoms with Crippen LogP contribution in [0.5, 0.6) is 0 Å². The van der Waals surface area contributed by atoms with Gasteiger partial charge in [0.2, 0.25) is 0 Å². The van der Waals surface area contributed by atoms with Gasteiger partial charge < -0.3 is 5.32 Å². The summed E-state index contributed by atoms with van der Waals surface area (Å²) in [4.78, 5) is 10.0. The molecule has 1 aromatic rings. The van der Waals surface area contributed by atoms with E-state index in [9.17, 15) is 18.5 Å². The second-order valence-corrected chi connectivity index (χ2v) is 6.74. The molecule has 0 amide bonds. The van der Waals surface area contributed by atoms with E-state index in [2.05, 4.69) is 5.32 Å². The minimum Gasteiger partial charge on any atom is -0.380 e. The maximum absolute atomic E-state index is 11.5. The molecule has 1 atom stereocenters. The fraction of sp³-hybridized carbons (Fsp3) is 0.417. The van der Waals surface area contributed by atoms with Crippen molar-refractivity contribution >= 4 is 21.2 Å². The van der Waals surface area contributed by atoms with Gasteiger partial charge in [0, 0.05) is 23.9 Å². The molecule has 0 aliphatic heterocycles. The van der Waals surface area contributed by atoms with Crippen LogP contribution in [0.25, 0.3) is 0 Å². The third-order valence-corrected chi connectivity index (χ3v) is 4.57. The van der Waals surface area contributed by atoms with Crippen LogP contribution in [-0.2, 0) is 9.84 Å². The molecule has 1 aromatic carbocycles. The van der Waals surface area contributed by atoms with E-state index in [1.54, 1.807) is 13.8 Å². The smallest absolute Gasteiger partial charge is 0.270 e. The second kappa shape index (κ2) is 6.34. The number of benzene rings is 1. The van der Waals surface area contributed by atoms with E-state index in [0.29, 0.717) is 5.69 Å². The highest BCUT2D eigenvalue weighted by Gasteiger charge is 2.16. The van der Waals surface area contributed by atoms with E-state index in [1.165, 1.54) is 12.1 Å². The summed E-state index contributed by atoms with van der Waals surface area (Å²) in [6.45, 7) is 3.24. The number of nitrogens with zero attached hydrogens (tertiary/aromatic N) is 2. The van der Waals surface area contributed by atoms with Gasteiger partial charge in [0.25, 0.3) is 5.69 Å². The summed E-state index contributed by atoms with van der Waals surface area (Å²) in [5.41, 5.74) is 0.317. The van der Waals surface area contributed by atoms with E-state index in [0.717, 1.165) is 6.07 Å². The normalized spacial score (nSPS) is 12.4. The standard InChI is InChI=1S/C12H15N3O4S/c1-3-20(18,19)8-9(2)14-12-5-4-11(15(16)17)6-10(12)7-13/h4-6,9,14H,3,8H2,1-2H3/t9-/m1/s1. The molecule has 0 radical (unpaired) electrons. The number of hydrogen-bond acceptors (Lipinski definition) is 6. The Kier molecular flexibility index (Phi) is 5.05. The monoisotopic (exact) mass is 297 g/mol. The first kappa shape index (κ1) is 15.9. The van der Waals surface area contributed by atoms with Gasteiger partial charge in [-0.15, -0.1) is 0 Å². The maximum atomic E-state index is 11.5. The molecule has 0 bridgehead atoms. The van der Waals surface area contributed by atoms with Crippen molar-refractivity contribution in [2.45, 2.75) is 19.9 Å².